The lowest BCUT2D eigenvalue weighted by Crippen LogP contribution is -2.31. The molecule has 1 aliphatic rings. The molecule has 0 spiro atoms. The minimum Gasteiger partial charge on any atom is -0.316 e. The Kier molecular flexibility index (Phi) is 4.83. The van der Waals surface area contributed by atoms with E-state index in [-0.39, 0.29) is 6.42 Å². The monoisotopic (exact) mass is 284 g/mol. The molecule has 0 aliphatic carbocycles. The van der Waals surface area contributed by atoms with Crippen molar-refractivity contribution in [1.29, 1.82) is 0 Å². The molecule has 0 fully saturated rings. The number of nitrogens with zero attached hydrogens (tertiary/aromatic N) is 1. The van der Waals surface area contributed by atoms with Gasteiger partial charge >= 0.3 is 6.18 Å². The highest BCUT2D eigenvalue weighted by Gasteiger charge is 2.34. The van der Waals surface area contributed by atoms with Crippen molar-refractivity contribution in [2.75, 3.05) is 20.1 Å². The van der Waals surface area contributed by atoms with Crippen molar-refractivity contribution in [3.05, 3.63) is 47.0 Å². The van der Waals surface area contributed by atoms with Crippen molar-refractivity contribution in [3.63, 3.8) is 0 Å². The fourth-order valence-corrected chi connectivity index (χ4v) is 2.34. The molecule has 0 amide bonds. The van der Waals surface area contributed by atoms with Crippen LogP contribution in [-0.4, -0.2) is 31.2 Å². The molecule has 0 saturated heterocycles. The second-order valence-electron chi connectivity index (χ2n) is 5.06. The molecule has 110 valence electrons. The normalized spacial score (nSPS) is 17.1. The summed E-state index contributed by atoms with van der Waals surface area (Å²) in [5, 5.41) is 3.08. The highest BCUT2D eigenvalue weighted by atomic mass is 19.4. The summed E-state index contributed by atoms with van der Waals surface area (Å²) in [4.78, 5) is 2.03. The van der Waals surface area contributed by atoms with Gasteiger partial charge in [0.25, 0.3) is 0 Å². The van der Waals surface area contributed by atoms with Crippen molar-refractivity contribution in [1.82, 2.24) is 10.2 Å². The first-order valence-corrected chi connectivity index (χ1v) is 6.70. The molecule has 1 aromatic carbocycles. The molecule has 0 bridgehead atoms. The maximum atomic E-state index is 12.5. The lowest BCUT2D eigenvalue weighted by molar-refractivity contribution is -0.0960. The summed E-state index contributed by atoms with van der Waals surface area (Å²) in [6, 6.07) is 8.17. The maximum Gasteiger partial charge on any atom is 0.412 e. The van der Waals surface area contributed by atoms with Crippen molar-refractivity contribution < 1.29 is 13.2 Å². The quantitative estimate of drug-likeness (QED) is 0.855. The van der Waals surface area contributed by atoms with E-state index in [0.29, 0.717) is 19.6 Å². The predicted octanol–water partition coefficient (Wildman–Crippen LogP) is 3.10. The van der Waals surface area contributed by atoms with E-state index in [2.05, 4.69) is 5.32 Å². The Labute approximate surface area is 117 Å². The summed E-state index contributed by atoms with van der Waals surface area (Å²) < 4.78 is 37.6. The predicted molar refractivity (Wildman–Crippen MR) is 73.2 cm³/mol. The van der Waals surface area contributed by atoms with Crippen LogP contribution in [0.5, 0.6) is 0 Å². The van der Waals surface area contributed by atoms with Gasteiger partial charge in [-0.3, -0.25) is 4.90 Å². The molecule has 20 heavy (non-hydrogen) atoms. The van der Waals surface area contributed by atoms with Crippen molar-refractivity contribution in [2.45, 2.75) is 25.7 Å². The third-order valence-corrected chi connectivity index (χ3v) is 3.47. The van der Waals surface area contributed by atoms with Gasteiger partial charge in [-0.25, -0.2) is 0 Å². The van der Waals surface area contributed by atoms with Crippen LogP contribution in [0.25, 0.3) is 0 Å². The standard InChI is InChI=1S/C15H19F3N2/c1-19-10-12-2-4-13(5-3-12)11-20-8-6-14(7-9-20)15(16,17)18/h2-6,19H,7-11H2,1H3. The van der Waals surface area contributed by atoms with Gasteiger partial charge in [0.2, 0.25) is 0 Å². The Morgan fingerprint density at radius 1 is 1.15 bits per heavy atom. The van der Waals surface area contributed by atoms with E-state index in [1.54, 1.807) is 0 Å². The van der Waals surface area contributed by atoms with Crippen LogP contribution in [0.1, 0.15) is 17.5 Å². The summed E-state index contributed by atoms with van der Waals surface area (Å²) in [5.74, 6) is 0. The summed E-state index contributed by atoms with van der Waals surface area (Å²) >= 11 is 0. The number of nitrogens with one attached hydrogen (secondary N) is 1. The van der Waals surface area contributed by atoms with Gasteiger partial charge in [-0.15, -0.1) is 0 Å². The van der Waals surface area contributed by atoms with E-state index in [0.717, 1.165) is 12.1 Å². The molecule has 1 N–H and O–H groups in total. The van der Waals surface area contributed by atoms with Gasteiger partial charge in [0, 0.05) is 31.8 Å². The lowest BCUT2D eigenvalue weighted by atomic mass is 10.1. The molecule has 5 heteroatoms. The molecule has 1 aromatic rings. The molecule has 2 nitrogen and oxygen atoms in total. The average molecular weight is 284 g/mol. The molecule has 0 unspecified atom stereocenters. The van der Waals surface area contributed by atoms with Crippen LogP contribution >= 0.6 is 0 Å². The molecule has 2 rings (SSSR count). The van der Waals surface area contributed by atoms with E-state index < -0.39 is 11.7 Å². The third-order valence-electron chi connectivity index (χ3n) is 3.47. The highest BCUT2D eigenvalue weighted by Crippen LogP contribution is 2.30. The Hall–Kier alpha value is -1.33. The van der Waals surface area contributed by atoms with Crippen LogP contribution in [0.15, 0.2) is 35.9 Å². The van der Waals surface area contributed by atoms with Crippen LogP contribution in [0.3, 0.4) is 0 Å². The summed E-state index contributed by atoms with van der Waals surface area (Å²) in [6.45, 7) is 2.35. The van der Waals surface area contributed by atoms with Gasteiger partial charge in [-0.05, 0) is 24.6 Å². The number of hydrogen-bond donors (Lipinski definition) is 1. The van der Waals surface area contributed by atoms with Crippen LogP contribution in [0.2, 0.25) is 0 Å². The Balaban J connectivity index is 1.91. The van der Waals surface area contributed by atoms with Crippen LogP contribution < -0.4 is 5.32 Å². The number of benzene rings is 1. The van der Waals surface area contributed by atoms with Gasteiger partial charge in [0.1, 0.15) is 0 Å². The molecular weight excluding hydrogens is 265 g/mol. The van der Waals surface area contributed by atoms with Gasteiger partial charge < -0.3 is 5.32 Å². The Bertz CT molecular complexity index is 463. The van der Waals surface area contributed by atoms with Crippen molar-refractivity contribution in [2.24, 2.45) is 0 Å². The maximum absolute atomic E-state index is 12.5. The Morgan fingerprint density at radius 2 is 1.80 bits per heavy atom. The fourth-order valence-electron chi connectivity index (χ4n) is 2.34. The minimum atomic E-state index is -4.17. The van der Waals surface area contributed by atoms with Gasteiger partial charge in [0.05, 0.1) is 0 Å². The molecule has 0 saturated carbocycles. The topological polar surface area (TPSA) is 15.3 Å². The highest BCUT2D eigenvalue weighted by molar-refractivity contribution is 5.23. The molecule has 1 heterocycles. The lowest BCUT2D eigenvalue weighted by Gasteiger charge is -2.27. The first-order valence-electron chi connectivity index (χ1n) is 6.70. The van der Waals surface area contributed by atoms with Crippen LogP contribution in [0, 0.1) is 0 Å². The van der Waals surface area contributed by atoms with Gasteiger partial charge in [-0.2, -0.15) is 13.2 Å². The fraction of sp³-hybridized carbons (Fsp3) is 0.467. The molecule has 0 radical (unpaired) electrons. The zero-order valence-corrected chi connectivity index (χ0v) is 11.5. The van der Waals surface area contributed by atoms with E-state index in [1.807, 2.05) is 36.2 Å². The van der Waals surface area contributed by atoms with Crippen molar-refractivity contribution >= 4 is 0 Å². The van der Waals surface area contributed by atoms with Crippen LogP contribution in [0.4, 0.5) is 13.2 Å². The zero-order valence-electron chi connectivity index (χ0n) is 11.5. The smallest absolute Gasteiger partial charge is 0.316 e. The second kappa shape index (κ2) is 6.41. The third kappa shape index (κ3) is 4.08. The molecular formula is C15H19F3N2. The second-order valence-corrected chi connectivity index (χ2v) is 5.06. The molecule has 0 aromatic heterocycles. The number of halogens is 3. The molecule has 0 atom stereocenters. The van der Waals surface area contributed by atoms with E-state index in [1.165, 1.54) is 11.6 Å². The number of alkyl halides is 3. The zero-order chi connectivity index (χ0) is 14.6. The van der Waals surface area contributed by atoms with E-state index >= 15 is 0 Å². The SMILES string of the molecule is CNCc1ccc(CN2CC=C(C(F)(F)F)CC2)cc1. The average Bonchev–Trinajstić information content (AvgIpc) is 2.41. The first kappa shape index (κ1) is 15.1. The number of hydrogen-bond acceptors (Lipinski definition) is 2. The summed E-state index contributed by atoms with van der Waals surface area (Å²) in [5.41, 5.74) is 1.95. The van der Waals surface area contributed by atoms with Crippen molar-refractivity contribution in [3.8, 4) is 0 Å². The first-order chi connectivity index (χ1) is 9.49. The largest absolute Gasteiger partial charge is 0.412 e. The Morgan fingerprint density at radius 3 is 2.30 bits per heavy atom. The van der Waals surface area contributed by atoms with Gasteiger partial charge in [0.15, 0.2) is 0 Å². The minimum absolute atomic E-state index is 0.0847. The van der Waals surface area contributed by atoms with E-state index in [4.69, 9.17) is 0 Å². The summed E-state index contributed by atoms with van der Waals surface area (Å²) in [7, 11) is 1.90. The molecule has 1 aliphatic heterocycles. The number of rotatable bonds is 4. The van der Waals surface area contributed by atoms with E-state index in [9.17, 15) is 13.2 Å². The summed E-state index contributed by atoms with van der Waals surface area (Å²) in [6.07, 6.45) is -2.78. The van der Waals surface area contributed by atoms with Crippen LogP contribution in [-0.2, 0) is 13.1 Å². The van der Waals surface area contributed by atoms with Gasteiger partial charge in [-0.1, -0.05) is 30.3 Å².